The van der Waals surface area contributed by atoms with Crippen molar-refractivity contribution >= 4 is 29.1 Å². The number of anilines is 1. The van der Waals surface area contributed by atoms with Crippen LogP contribution in [-0.4, -0.2) is 49.1 Å². The number of rotatable bonds is 9. The zero-order chi connectivity index (χ0) is 32.8. The Balaban J connectivity index is 0.000000901. The Labute approximate surface area is 245 Å². The van der Waals surface area contributed by atoms with E-state index >= 15 is 0 Å². The second kappa shape index (κ2) is 16.8. The molecular weight excluding hydrogens is 582 g/mol. The van der Waals surface area contributed by atoms with Crippen molar-refractivity contribution in [2.24, 2.45) is 16.6 Å². The summed E-state index contributed by atoms with van der Waals surface area (Å²) in [6.07, 6.45) is -4.93. The Morgan fingerprint density at radius 3 is 2.14 bits per heavy atom. The number of nitrogens with one attached hydrogen (secondary N) is 2. The molecule has 0 saturated heterocycles. The number of amides is 3. The number of halogens is 6. The Bertz CT molecular complexity index is 1280. The zero-order valence-corrected chi connectivity index (χ0v) is 23.4. The molecule has 2 atom stereocenters. The molecule has 3 amide bonds. The molecule has 1 aliphatic heterocycles. The van der Waals surface area contributed by atoms with Crippen LogP contribution >= 0.6 is 0 Å². The summed E-state index contributed by atoms with van der Waals surface area (Å²) in [4.78, 5) is 41.5. The Morgan fingerprint density at radius 1 is 1.05 bits per heavy atom. The van der Waals surface area contributed by atoms with Gasteiger partial charge in [-0.3, -0.25) is 14.4 Å². The summed E-state index contributed by atoms with van der Waals surface area (Å²) in [5, 5.41) is 5.04. The summed E-state index contributed by atoms with van der Waals surface area (Å²) in [7, 11) is 1.47. The normalized spacial score (nSPS) is 15.0. The number of benzodiazepines with no additional fused rings is 1. The second-order valence-corrected chi connectivity index (χ2v) is 9.04. The van der Waals surface area contributed by atoms with Crippen LogP contribution in [0.4, 0.5) is 32.0 Å². The SMILES string of the molecule is C#C.CCCC(F)(F)F.COc1ccc2c(c1)NC(=O)[C@@H](NC(=O)[C@H](CCC(F)(F)F)CC(N)=O)N=C2c1ccccc1. The van der Waals surface area contributed by atoms with Crippen LogP contribution in [0.15, 0.2) is 53.5 Å². The fourth-order valence-electron chi connectivity index (χ4n) is 3.79. The third-order valence-electron chi connectivity index (χ3n) is 5.70. The number of ether oxygens (including phenoxy) is 1. The van der Waals surface area contributed by atoms with Crippen LogP contribution in [0.5, 0.6) is 5.75 Å². The van der Waals surface area contributed by atoms with Gasteiger partial charge in [0.25, 0.3) is 5.91 Å². The minimum atomic E-state index is -4.52. The number of terminal acetylenes is 1. The van der Waals surface area contributed by atoms with E-state index in [2.05, 4.69) is 28.5 Å². The highest BCUT2D eigenvalue weighted by Crippen LogP contribution is 2.29. The topological polar surface area (TPSA) is 123 Å². The molecule has 0 unspecified atom stereocenters. The molecule has 0 aromatic heterocycles. The molecule has 1 aliphatic rings. The fraction of sp³-hybridized carbons (Fsp3) is 0.379. The lowest BCUT2D eigenvalue weighted by atomic mass is 9.97. The number of carbonyl (C=O) groups is 3. The first-order valence-electron chi connectivity index (χ1n) is 12.8. The molecule has 0 bridgehead atoms. The van der Waals surface area contributed by atoms with Crippen LogP contribution in [-0.2, 0) is 14.4 Å². The number of benzene rings is 2. The number of fused-ring (bicyclic) bond motifs is 1. The first-order chi connectivity index (χ1) is 20.1. The average Bonchev–Trinajstić information content (AvgIpc) is 3.07. The van der Waals surface area contributed by atoms with Crippen molar-refractivity contribution in [3.63, 3.8) is 0 Å². The van der Waals surface area contributed by atoms with Crippen molar-refractivity contribution in [3.8, 4) is 18.6 Å². The van der Waals surface area contributed by atoms with E-state index in [1.807, 2.05) is 0 Å². The minimum absolute atomic E-state index is 0.184. The van der Waals surface area contributed by atoms with Gasteiger partial charge in [-0.15, -0.1) is 12.8 Å². The highest BCUT2D eigenvalue weighted by Gasteiger charge is 2.34. The number of primary amides is 1. The first kappa shape index (κ1) is 36.5. The molecule has 0 saturated carbocycles. The quantitative estimate of drug-likeness (QED) is 0.260. The smallest absolute Gasteiger partial charge is 0.389 e. The van der Waals surface area contributed by atoms with Crippen LogP contribution in [0, 0.1) is 18.8 Å². The molecular formula is C29H32F6N4O4. The maximum absolute atomic E-state index is 12.9. The van der Waals surface area contributed by atoms with Gasteiger partial charge in [0.05, 0.1) is 18.5 Å². The van der Waals surface area contributed by atoms with E-state index in [-0.39, 0.29) is 6.42 Å². The molecule has 14 heteroatoms. The summed E-state index contributed by atoms with van der Waals surface area (Å²) in [5.74, 6) is -3.46. The van der Waals surface area contributed by atoms with Crippen LogP contribution in [0.3, 0.4) is 0 Å². The summed E-state index contributed by atoms with van der Waals surface area (Å²) >= 11 is 0. The molecule has 1 heterocycles. The van der Waals surface area contributed by atoms with E-state index in [9.17, 15) is 40.7 Å². The maximum Gasteiger partial charge on any atom is 0.389 e. The highest BCUT2D eigenvalue weighted by molar-refractivity contribution is 6.20. The molecule has 4 N–H and O–H groups in total. The summed E-state index contributed by atoms with van der Waals surface area (Å²) in [6.45, 7) is 1.51. The van der Waals surface area contributed by atoms with Gasteiger partial charge >= 0.3 is 12.4 Å². The number of carbonyl (C=O) groups excluding carboxylic acids is 3. The molecule has 2 aromatic carbocycles. The van der Waals surface area contributed by atoms with Crippen molar-refractivity contribution in [2.45, 2.75) is 57.5 Å². The highest BCUT2D eigenvalue weighted by atomic mass is 19.4. The molecule has 234 valence electrons. The third-order valence-corrected chi connectivity index (χ3v) is 5.70. The average molecular weight is 615 g/mol. The van der Waals surface area contributed by atoms with Crippen LogP contribution in [0.25, 0.3) is 0 Å². The monoisotopic (exact) mass is 614 g/mol. The van der Waals surface area contributed by atoms with Crippen molar-refractivity contribution in [1.29, 1.82) is 0 Å². The number of methoxy groups -OCH3 is 1. The Morgan fingerprint density at radius 2 is 1.65 bits per heavy atom. The van der Waals surface area contributed by atoms with E-state index < -0.39 is 67.8 Å². The van der Waals surface area contributed by atoms with Gasteiger partial charge in [0, 0.05) is 42.4 Å². The van der Waals surface area contributed by atoms with Gasteiger partial charge in [-0.25, -0.2) is 4.99 Å². The Kier molecular flexibility index (Phi) is 14.2. The predicted molar refractivity (Wildman–Crippen MR) is 149 cm³/mol. The molecule has 43 heavy (non-hydrogen) atoms. The Hall–Kier alpha value is -4.54. The van der Waals surface area contributed by atoms with Gasteiger partial charge in [0.15, 0.2) is 0 Å². The van der Waals surface area contributed by atoms with E-state index in [4.69, 9.17) is 10.5 Å². The standard InChI is InChI=1S/C23H23F3N4O4.C4H7F3.C2H2/c1-34-15-7-8-16-17(12-15)28-22(33)20(29-19(16)13-5-3-2-4-6-13)30-21(32)14(11-18(27)31)9-10-23(24,25)26;1-2-3-4(5,6)7;1-2/h2-8,12,14,20H,9-11H2,1H3,(H2,27,31)(H,28,33)(H,30,32);2-3H2,1H3;1-2H/t14-,20-;;/m1../s1. The summed E-state index contributed by atoms with van der Waals surface area (Å²) in [6, 6.07) is 13.8. The number of nitrogens with zero attached hydrogens (tertiary/aromatic N) is 1. The molecule has 2 aromatic rings. The number of alkyl halides is 6. The van der Waals surface area contributed by atoms with Gasteiger partial charge in [-0.05, 0) is 25.0 Å². The minimum Gasteiger partial charge on any atom is -0.497 e. The van der Waals surface area contributed by atoms with Crippen molar-refractivity contribution in [2.75, 3.05) is 12.4 Å². The zero-order valence-electron chi connectivity index (χ0n) is 23.4. The van der Waals surface area contributed by atoms with E-state index in [1.54, 1.807) is 48.5 Å². The number of aliphatic imine (C=N–C) groups is 1. The molecule has 0 aliphatic carbocycles. The van der Waals surface area contributed by atoms with Crippen LogP contribution < -0.4 is 21.1 Å². The van der Waals surface area contributed by atoms with Crippen molar-refractivity contribution in [1.82, 2.24) is 5.32 Å². The van der Waals surface area contributed by atoms with Gasteiger partial charge in [-0.2, -0.15) is 26.3 Å². The number of hydrogen-bond donors (Lipinski definition) is 3. The van der Waals surface area contributed by atoms with Gasteiger partial charge < -0.3 is 21.1 Å². The number of hydrogen-bond acceptors (Lipinski definition) is 5. The first-order valence-corrected chi connectivity index (χ1v) is 12.8. The summed E-state index contributed by atoms with van der Waals surface area (Å²) in [5.41, 5.74) is 7.09. The fourth-order valence-corrected chi connectivity index (χ4v) is 3.79. The van der Waals surface area contributed by atoms with Gasteiger partial charge in [0.2, 0.25) is 18.0 Å². The van der Waals surface area contributed by atoms with E-state index in [0.717, 1.165) is 0 Å². The van der Waals surface area contributed by atoms with E-state index in [0.29, 0.717) is 28.3 Å². The maximum atomic E-state index is 12.9. The summed E-state index contributed by atoms with van der Waals surface area (Å²) < 4.78 is 76.5. The van der Waals surface area contributed by atoms with Gasteiger partial charge in [0.1, 0.15) is 5.75 Å². The molecule has 0 fully saturated rings. The van der Waals surface area contributed by atoms with Gasteiger partial charge in [-0.1, -0.05) is 37.3 Å². The molecule has 0 radical (unpaired) electrons. The molecule has 3 rings (SSSR count). The lowest BCUT2D eigenvalue weighted by molar-refractivity contribution is -0.143. The predicted octanol–water partition coefficient (Wildman–Crippen LogP) is 5.36. The van der Waals surface area contributed by atoms with Crippen LogP contribution in [0.1, 0.15) is 50.2 Å². The van der Waals surface area contributed by atoms with Crippen molar-refractivity contribution < 1.29 is 45.5 Å². The molecule has 0 spiro atoms. The molecule has 8 nitrogen and oxygen atoms in total. The third kappa shape index (κ3) is 12.9. The largest absolute Gasteiger partial charge is 0.497 e. The lowest BCUT2D eigenvalue weighted by Gasteiger charge is -2.19. The number of nitrogens with two attached hydrogens (primary N) is 1. The van der Waals surface area contributed by atoms with Crippen molar-refractivity contribution in [3.05, 3.63) is 59.7 Å². The second-order valence-electron chi connectivity index (χ2n) is 9.04. The van der Waals surface area contributed by atoms with E-state index in [1.165, 1.54) is 14.0 Å². The van der Waals surface area contributed by atoms with Crippen LogP contribution in [0.2, 0.25) is 0 Å². The lowest BCUT2D eigenvalue weighted by Crippen LogP contribution is -2.45.